The zero-order valence-corrected chi connectivity index (χ0v) is 12.5. The first-order valence-corrected chi connectivity index (χ1v) is 7.17. The monoisotopic (exact) mass is 326 g/mol. The van der Waals surface area contributed by atoms with E-state index in [1.54, 1.807) is 7.11 Å². The molecule has 0 bridgehead atoms. The Balaban J connectivity index is 2.15. The Hall–Kier alpha value is -1.27. The molecule has 104 valence electrons. The zero-order valence-electron chi connectivity index (χ0n) is 10.9. The lowest BCUT2D eigenvalue weighted by atomic mass is 10.3. The van der Waals surface area contributed by atoms with Crippen LogP contribution in [0.1, 0.15) is 25.7 Å². The molecule has 1 aliphatic carbocycles. The molecule has 0 spiro atoms. The summed E-state index contributed by atoms with van der Waals surface area (Å²) in [4.78, 5) is 4.59. The van der Waals surface area contributed by atoms with Crippen molar-refractivity contribution in [2.45, 2.75) is 31.7 Å². The predicted molar refractivity (Wildman–Crippen MR) is 81.3 cm³/mol. The number of nitrogens with two attached hydrogens (primary N) is 1. The highest BCUT2D eigenvalue weighted by Crippen LogP contribution is 2.28. The lowest BCUT2D eigenvalue weighted by Gasteiger charge is -2.14. The number of anilines is 1. The van der Waals surface area contributed by atoms with Crippen molar-refractivity contribution in [1.29, 1.82) is 0 Å². The van der Waals surface area contributed by atoms with Crippen LogP contribution in [-0.2, 0) is 0 Å². The highest BCUT2D eigenvalue weighted by molar-refractivity contribution is 9.10. The number of halogens is 1. The van der Waals surface area contributed by atoms with Crippen molar-refractivity contribution in [3.05, 3.63) is 22.7 Å². The van der Waals surface area contributed by atoms with E-state index in [0.29, 0.717) is 12.0 Å². The average Bonchev–Trinajstić information content (AvgIpc) is 2.91. The van der Waals surface area contributed by atoms with Crippen molar-refractivity contribution in [3.63, 3.8) is 0 Å². The summed E-state index contributed by atoms with van der Waals surface area (Å²) in [5.74, 6) is 6.85. The molecule has 0 amide bonds. The van der Waals surface area contributed by atoms with E-state index >= 15 is 0 Å². The maximum Gasteiger partial charge on any atom is 0.210 e. The number of benzene rings is 1. The van der Waals surface area contributed by atoms with Gasteiger partial charge in [-0.25, -0.2) is 10.8 Å². The Morgan fingerprint density at radius 1 is 1.42 bits per heavy atom. The van der Waals surface area contributed by atoms with Crippen molar-refractivity contribution >= 4 is 27.6 Å². The molecule has 0 aliphatic heterocycles. The Labute approximate surface area is 121 Å². The fourth-order valence-electron chi connectivity index (χ4n) is 2.23. The molecule has 0 heterocycles. The summed E-state index contributed by atoms with van der Waals surface area (Å²) < 4.78 is 6.27. The molecule has 4 N–H and O–H groups in total. The molecule has 5 nitrogen and oxygen atoms in total. The first kappa shape index (κ1) is 14.1. The van der Waals surface area contributed by atoms with Gasteiger partial charge >= 0.3 is 0 Å². The Bertz CT molecular complexity index is 458. The third-order valence-electron chi connectivity index (χ3n) is 3.19. The van der Waals surface area contributed by atoms with E-state index in [9.17, 15) is 0 Å². The molecule has 1 fully saturated rings. The highest BCUT2D eigenvalue weighted by atomic mass is 79.9. The molecule has 0 atom stereocenters. The lowest BCUT2D eigenvalue weighted by Crippen LogP contribution is -2.37. The van der Waals surface area contributed by atoms with E-state index in [1.807, 2.05) is 18.2 Å². The van der Waals surface area contributed by atoms with Crippen LogP contribution in [0.4, 0.5) is 5.69 Å². The van der Waals surface area contributed by atoms with Crippen LogP contribution in [0.5, 0.6) is 5.75 Å². The minimum absolute atomic E-state index is 0.358. The van der Waals surface area contributed by atoms with Crippen LogP contribution < -0.4 is 21.3 Å². The summed E-state index contributed by atoms with van der Waals surface area (Å²) in [5.41, 5.74) is 3.44. The van der Waals surface area contributed by atoms with Crippen LogP contribution >= 0.6 is 15.9 Å². The minimum Gasteiger partial charge on any atom is -0.495 e. The van der Waals surface area contributed by atoms with Crippen LogP contribution in [0.2, 0.25) is 0 Å². The standard InChI is InChI=1S/C13H19BrN4O/c1-19-12-7-6-9(14)8-11(12)17-13(18-15)16-10-4-2-3-5-10/h6-8,10H,2-5,15H2,1H3,(H2,16,17,18). The minimum atomic E-state index is 0.358. The smallest absolute Gasteiger partial charge is 0.210 e. The summed E-state index contributed by atoms with van der Waals surface area (Å²) in [6.45, 7) is 0. The lowest BCUT2D eigenvalue weighted by molar-refractivity contribution is 0.417. The van der Waals surface area contributed by atoms with Gasteiger partial charge in [-0.05, 0) is 31.0 Å². The second kappa shape index (κ2) is 6.77. The fraction of sp³-hybridized carbons (Fsp3) is 0.462. The van der Waals surface area contributed by atoms with Gasteiger partial charge in [-0.15, -0.1) is 0 Å². The van der Waals surface area contributed by atoms with E-state index in [-0.39, 0.29) is 0 Å². The van der Waals surface area contributed by atoms with E-state index in [0.717, 1.165) is 28.8 Å². The second-order valence-corrected chi connectivity index (χ2v) is 5.45. The van der Waals surface area contributed by atoms with E-state index < -0.39 is 0 Å². The molecule has 1 saturated carbocycles. The largest absolute Gasteiger partial charge is 0.495 e. The van der Waals surface area contributed by atoms with Crippen LogP contribution in [0, 0.1) is 0 Å². The van der Waals surface area contributed by atoms with Crippen LogP contribution in [0.3, 0.4) is 0 Å². The Kier molecular flexibility index (Phi) is 5.04. The van der Waals surface area contributed by atoms with Gasteiger partial charge < -0.3 is 10.1 Å². The van der Waals surface area contributed by atoms with Gasteiger partial charge in [-0.2, -0.15) is 0 Å². The number of methoxy groups -OCH3 is 1. The maximum absolute atomic E-state index is 5.53. The maximum atomic E-state index is 5.53. The van der Waals surface area contributed by atoms with Crippen molar-refractivity contribution in [2.24, 2.45) is 10.8 Å². The highest BCUT2D eigenvalue weighted by Gasteiger charge is 2.15. The number of nitrogens with one attached hydrogen (secondary N) is 2. The Morgan fingerprint density at radius 2 is 2.16 bits per heavy atom. The Morgan fingerprint density at radius 3 is 2.79 bits per heavy atom. The average molecular weight is 327 g/mol. The molecule has 0 unspecified atom stereocenters. The van der Waals surface area contributed by atoms with Crippen molar-refractivity contribution in [1.82, 2.24) is 5.43 Å². The number of hydrogen-bond acceptors (Lipinski definition) is 3. The number of guanidine groups is 1. The van der Waals surface area contributed by atoms with Gasteiger partial charge in [0.2, 0.25) is 5.96 Å². The molecular weight excluding hydrogens is 308 g/mol. The van der Waals surface area contributed by atoms with Gasteiger partial charge in [0.25, 0.3) is 0 Å². The van der Waals surface area contributed by atoms with E-state index in [1.165, 1.54) is 12.8 Å². The van der Waals surface area contributed by atoms with Crippen LogP contribution in [0.25, 0.3) is 0 Å². The van der Waals surface area contributed by atoms with E-state index in [4.69, 9.17) is 10.6 Å². The second-order valence-electron chi connectivity index (χ2n) is 4.53. The number of hydrogen-bond donors (Lipinski definition) is 3. The normalized spacial score (nSPS) is 16.5. The SMILES string of the molecule is COc1ccc(Br)cc1NC(=NC1CCCC1)NN. The number of aliphatic imine (C=N–C) groups is 1. The molecule has 6 heteroatoms. The van der Waals surface area contributed by atoms with Crippen molar-refractivity contribution < 1.29 is 4.74 Å². The third-order valence-corrected chi connectivity index (χ3v) is 3.68. The van der Waals surface area contributed by atoms with Gasteiger partial charge in [0.15, 0.2) is 0 Å². The molecular formula is C13H19BrN4O. The third kappa shape index (κ3) is 3.84. The zero-order chi connectivity index (χ0) is 13.7. The van der Waals surface area contributed by atoms with Gasteiger partial charge in [0.1, 0.15) is 5.75 Å². The summed E-state index contributed by atoms with van der Waals surface area (Å²) in [6.07, 6.45) is 4.74. The van der Waals surface area contributed by atoms with Crippen LogP contribution in [-0.4, -0.2) is 19.1 Å². The summed E-state index contributed by atoms with van der Waals surface area (Å²) in [6, 6.07) is 6.10. The first-order chi connectivity index (χ1) is 9.22. The number of nitrogens with zero attached hydrogens (tertiary/aromatic N) is 1. The van der Waals surface area contributed by atoms with Crippen molar-refractivity contribution in [3.8, 4) is 5.75 Å². The van der Waals surface area contributed by atoms with Gasteiger partial charge in [0, 0.05) is 4.47 Å². The fourth-order valence-corrected chi connectivity index (χ4v) is 2.59. The van der Waals surface area contributed by atoms with E-state index in [2.05, 4.69) is 31.7 Å². The molecule has 1 aliphatic rings. The predicted octanol–water partition coefficient (Wildman–Crippen LogP) is 2.63. The van der Waals surface area contributed by atoms with Crippen LogP contribution in [0.15, 0.2) is 27.7 Å². The number of rotatable bonds is 3. The molecule has 0 radical (unpaired) electrons. The summed E-state index contributed by atoms with van der Waals surface area (Å²) in [7, 11) is 1.64. The molecule has 2 rings (SSSR count). The molecule has 1 aromatic carbocycles. The first-order valence-electron chi connectivity index (χ1n) is 6.38. The van der Waals surface area contributed by atoms with Crippen molar-refractivity contribution in [2.75, 3.05) is 12.4 Å². The number of hydrazine groups is 1. The molecule has 0 saturated heterocycles. The van der Waals surface area contributed by atoms with Gasteiger partial charge in [-0.1, -0.05) is 28.8 Å². The molecule has 1 aromatic rings. The molecule has 0 aromatic heterocycles. The summed E-state index contributed by atoms with van der Waals surface area (Å²) >= 11 is 3.44. The quantitative estimate of drug-likeness (QED) is 0.345. The van der Waals surface area contributed by atoms with Gasteiger partial charge in [-0.3, -0.25) is 5.43 Å². The number of ether oxygens (including phenoxy) is 1. The molecule has 19 heavy (non-hydrogen) atoms. The topological polar surface area (TPSA) is 71.7 Å². The van der Waals surface area contributed by atoms with Gasteiger partial charge in [0.05, 0.1) is 18.8 Å². The summed E-state index contributed by atoms with van der Waals surface area (Å²) in [5, 5.41) is 3.17.